The van der Waals surface area contributed by atoms with Crippen LogP contribution in [0.15, 0.2) is 24.3 Å². The Hall–Kier alpha value is -1.02. The molecule has 0 aromatic heterocycles. The molecule has 2 heteroatoms. The molecule has 0 bridgehead atoms. The lowest BCUT2D eigenvalue weighted by molar-refractivity contribution is 0.387. The lowest BCUT2D eigenvalue weighted by Crippen LogP contribution is -2.26. The molecule has 2 atom stereocenters. The topological polar surface area (TPSA) is 6.48 Å². The number of rotatable bonds is 1. The van der Waals surface area contributed by atoms with Crippen LogP contribution in [0.3, 0.4) is 0 Å². The maximum Gasteiger partial charge on any atom is 0.0369 e. The van der Waals surface area contributed by atoms with E-state index in [9.17, 15) is 0 Å². The van der Waals surface area contributed by atoms with Crippen molar-refractivity contribution in [2.45, 2.75) is 6.92 Å². The van der Waals surface area contributed by atoms with E-state index in [1.165, 1.54) is 37.4 Å². The largest absolute Gasteiger partial charge is 0.371 e. The number of fused-ring (bicyclic) bond motifs is 1. The van der Waals surface area contributed by atoms with Gasteiger partial charge in [-0.25, -0.2) is 0 Å². The molecule has 1 aromatic rings. The normalized spacial score (nSPS) is 29.8. The predicted molar refractivity (Wildman–Crippen MR) is 67.9 cm³/mol. The number of nitrogens with zero attached hydrogens (tertiary/aromatic N) is 2. The highest BCUT2D eigenvalue weighted by atomic mass is 15.2. The standard InChI is InChI=1S/C14H20N2/c1-11-4-3-5-14(6-11)16-9-12-7-15(2)8-13(12)10-16/h3-6,12-13H,7-10H2,1-2H3. The molecule has 0 saturated carbocycles. The molecule has 3 rings (SSSR count). The van der Waals surface area contributed by atoms with E-state index in [2.05, 4.69) is 48.0 Å². The number of benzene rings is 1. The highest BCUT2D eigenvalue weighted by molar-refractivity contribution is 5.49. The molecule has 0 amide bonds. The molecule has 16 heavy (non-hydrogen) atoms. The van der Waals surface area contributed by atoms with Crippen LogP contribution in [0, 0.1) is 18.8 Å². The van der Waals surface area contributed by atoms with Crippen molar-refractivity contribution in [2.75, 3.05) is 38.1 Å². The Bertz CT molecular complexity index is 374. The zero-order valence-electron chi connectivity index (χ0n) is 10.2. The fourth-order valence-corrected chi connectivity index (χ4v) is 3.26. The molecule has 2 aliphatic heterocycles. The molecule has 0 radical (unpaired) electrons. The summed E-state index contributed by atoms with van der Waals surface area (Å²) in [4.78, 5) is 5.04. The SMILES string of the molecule is Cc1cccc(N2CC3CN(C)CC3C2)c1. The van der Waals surface area contributed by atoms with Gasteiger partial charge < -0.3 is 9.80 Å². The van der Waals surface area contributed by atoms with Crippen LogP contribution in [0.5, 0.6) is 0 Å². The summed E-state index contributed by atoms with van der Waals surface area (Å²) in [5.74, 6) is 1.79. The van der Waals surface area contributed by atoms with E-state index in [4.69, 9.17) is 0 Å². The van der Waals surface area contributed by atoms with Crippen LogP contribution in [0.1, 0.15) is 5.56 Å². The molecule has 0 aliphatic carbocycles. The van der Waals surface area contributed by atoms with Crippen LogP contribution < -0.4 is 4.90 Å². The summed E-state index contributed by atoms with van der Waals surface area (Å²) in [5.41, 5.74) is 2.78. The fourth-order valence-electron chi connectivity index (χ4n) is 3.26. The number of likely N-dealkylation sites (tertiary alicyclic amines) is 1. The van der Waals surface area contributed by atoms with Crippen molar-refractivity contribution in [3.05, 3.63) is 29.8 Å². The van der Waals surface area contributed by atoms with Gasteiger partial charge in [-0.15, -0.1) is 0 Å². The zero-order chi connectivity index (χ0) is 11.1. The first-order valence-electron chi connectivity index (χ1n) is 6.22. The zero-order valence-corrected chi connectivity index (χ0v) is 10.2. The lowest BCUT2D eigenvalue weighted by atomic mass is 10.0. The Morgan fingerprint density at radius 1 is 1.06 bits per heavy atom. The van der Waals surface area contributed by atoms with Crippen LogP contribution >= 0.6 is 0 Å². The van der Waals surface area contributed by atoms with Crippen molar-refractivity contribution >= 4 is 5.69 Å². The Balaban J connectivity index is 1.75. The minimum Gasteiger partial charge on any atom is -0.371 e. The number of aryl methyl sites for hydroxylation is 1. The minimum atomic E-state index is 0.894. The highest BCUT2D eigenvalue weighted by Gasteiger charge is 2.38. The van der Waals surface area contributed by atoms with Crippen LogP contribution in [-0.4, -0.2) is 38.1 Å². The Kier molecular flexibility index (Phi) is 2.40. The van der Waals surface area contributed by atoms with Gasteiger partial charge in [0.2, 0.25) is 0 Å². The summed E-state index contributed by atoms with van der Waals surface area (Å²) >= 11 is 0. The molecule has 2 unspecified atom stereocenters. The van der Waals surface area contributed by atoms with Gasteiger partial charge in [0.1, 0.15) is 0 Å². The van der Waals surface area contributed by atoms with Crippen LogP contribution in [-0.2, 0) is 0 Å². The molecule has 2 fully saturated rings. The second kappa shape index (κ2) is 3.77. The van der Waals surface area contributed by atoms with Gasteiger partial charge in [-0.3, -0.25) is 0 Å². The first-order valence-corrected chi connectivity index (χ1v) is 6.22. The van der Waals surface area contributed by atoms with Crippen molar-refractivity contribution in [3.63, 3.8) is 0 Å². The van der Waals surface area contributed by atoms with Gasteiger partial charge in [0.15, 0.2) is 0 Å². The van der Waals surface area contributed by atoms with Crippen molar-refractivity contribution in [1.82, 2.24) is 4.90 Å². The molecular formula is C14H20N2. The van der Waals surface area contributed by atoms with Gasteiger partial charge in [-0.2, -0.15) is 0 Å². The van der Waals surface area contributed by atoms with Crippen molar-refractivity contribution in [1.29, 1.82) is 0 Å². The monoisotopic (exact) mass is 216 g/mol. The number of hydrogen-bond acceptors (Lipinski definition) is 2. The molecule has 2 aliphatic rings. The van der Waals surface area contributed by atoms with E-state index in [0.29, 0.717) is 0 Å². The number of anilines is 1. The Morgan fingerprint density at radius 2 is 1.75 bits per heavy atom. The van der Waals surface area contributed by atoms with Gasteiger partial charge >= 0.3 is 0 Å². The van der Waals surface area contributed by atoms with Gasteiger partial charge in [0.05, 0.1) is 0 Å². The average Bonchev–Trinajstić information content (AvgIpc) is 2.74. The van der Waals surface area contributed by atoms with E-state index in [1.54, 1.807) is 0 Å². The van der Waals surface area contributed by atoms with E-state index in [-0.39, 0.29) is 0 Å². The summed E-state index contributed by atoms with van der Waals surface area (Å²) in [7, 11) is 2.25. The smallest absolute Gasteiger partial charge is 0.0369 e. The maximum atomic E-state index is 2.56. The summed E-state index contributed by atoms with van der Waals surface area (Å²) in [5, 5.41) is 0. The van der Waals surface area contributed by atoms with Crippen LogP contribution in [0.2, 0.25) is 0 Å². The summed E-state index contributed by atoms with van der Waals surface area (Å²) in [6.07, 6.45) is 0. The van der Waals surface area contributed by atoms with E-state index < -0.39 is 0 Å². The van der Waals surface area contributed by atoms with Crippen molar-refractivity contribution < 1.29 is 0 Å². The second-order valence-electron chi connectivity index (χ2n) is 5.49. The first-order chi connectivity index (χ1) is 7.72. The molecule has 2 nitrogen and oxygen atoms in total. The molecular weight excluding hydrogens is 196 g/mol. The second-order valence-corrected chi connectivity index (χ2v) is 5.49. The van der Waals surface area contributed by atoms with Crippen molar-refractivity contribution in [2.24, 2.45) is 11.8 Å². The third kappa shape index (κ3) is 1.71. The lowest BCUT2D eigenvalue weighted by Gasteiger charge is -2.21. The third-order valence-electron chi connectivity index (χ3n) is 4.04. The van der Waals surface area contributed by atoms with Crippen molar-refractivity contribution in [3.8, 4) is 0 Å². The molecule has 0 spiro atoms. The third-order valence-corrected chi connectivity index (χ3v) is 4.04. The minimum absolute atomic E-state index is 0.894. The summed E-state index contributed by atoms with van der Waals surface area (Å²) in [6.45, 7) is 7.24. The van der Waals surface area contributed by atoms with Gasteiger partial charge in [-0.1, -0.05) is 12.1 Å². The van der Waals surface area contributed by atoms with Gasteiger partial charge in [0.25, 0.3) is 0 Å². The van der Waals surface area contributed by atoms with E-state index >= 15 is 0 Å². The Morgan fingerprint density at radius 3 is 2.38 bits per heavy atom. The fraction of sp³-hybridized carbons (Fsp3) is 0.571. The highest BCUT2D eigenvalue weighted by Crippen LogP contribution is 2.33. The van der Waals surface area contributed by atoms with Crippen LogP contribution in [0.25, 0.3) is 0 Å². The van der Waals surface area contributed by atoms with Crippen LogP contribution in [0.4, 0.5) is 5.69 Å². The molecule has 0 N–H and O–H groups in total. The number of hydrogen-bond donors (Lipinski definition) is 0. The van der Waals surface area contributed by atoms with Gasteiger partial charge in [0, 0.05) is 31.9 Å². The van der Waals surface area contributed by atoms with E-state index in [0.717, 1.165) is 11.8 Å². The molecule has 1 aromatic carbocycles. The van der Waals surface area contributed by atoms with Gasteiger partial charge in [-0.05, 0) is 43.5 Å². The maximum absolute atomic E-state index is 2.56. The average molecular weight is 216 g/mol. The first kappa shape index (κ1) is 10.2. The predicted octanol–water partition coefficient (Wildman–Crippen LogP) is 1.99. The molecule has 2 saturated heterocycles. The molecule has 86 valence electrons. The summed E-state index contributed by atoms with van der Waals surface area (Å²) < 4.78 is 0. The Labute approximate surface area is 97.9 Å². The quantitative estimate of drug-likeness (QED) is 0.708. The van der Waals surface area contributed by atoms with E-state index in [1.807, 2.05) is 0 Å². The molecule has 2 heterocycles. The summed E-state index contributed by atoms with van der Waals surface area (Å²) in [6, 6.07) is 8.90.